The molecule has 1 aliphatic carbocycles. The van der Waals surface area contributed by atoms with Crippen molar-refractivity contribution in [3.63, 3.8) is 0 Å². The van der Waals surface area contributed by atoms with Crippen molar-refractivity contribution < 1.29 is 22.1 Å². The molecule has 1 heterocycles. The molecule has 2 fully saturated rings. The van der Waals surface area contributed by atoms with Gasteiger partial charge in [0.15, 0.2) is 0 Å². The number of amides is 1. The summed E-state index contributed by atoms with van der Waals surface area (Å²) in [7, 11) is -3.41. The Labute approximate surface area is 126 Å². The van der Waals surface area contributed by atoms with E-state index in [4.69, 9.17) is 8.92 Å². The van der Waals surface area contributed by atoms with Gasteiger partial charge in [-0.15, -0.1) is 0 Å². The molecule has 1 unspecified atom stereocenters. The third-order valence-corrected chi connectivity index (χ3v) is 4.61. The molecule has 0 spiro atoms. The fourth-order valence-electron chi connectivity index (χ4n) is 3.25. The lowest BCUT2D eigenvalue weighted by Crippen LogP contribution is -2.44. The van der Waals surface area contributed by atoms with Crippen LogP contribution in [0, 0.1) is 11.8 Å². The molecule has 3 atom stereocenters. The summed E-state index contributed by atoms with van der Waals surface area (Å²) in [6.45, 7) is 6.85. The number of carbonyl (C=O) groups is 1. The Kier molecular flexibility index (Phi) is 4.54. The summed E-state index contributed by atoms with van der Waals surface area (Å²) < 4.78 is 32.9. The lowest BCUT2D eigenvalue weighted by molar-refractivity contribution is 0.0127. The second-order valence-corrected chi connectivity index (χ2v) is 8.73. The van der Waals surface area contributed by atoms with Crippen molar-refractivity contribution in [3.05, 3.63) is 0 Å². The number of hydrogen-bond acceptors (Lipinski definition) is 5. The van der Waals surface area contributed by atoms with E-state index in [0.29, 0.717) is 31.3 Å². The summed E-state index contributed by atoms with van der Waals surface area (Å²) in [5, 5.41) is 0. The predicted octanol–water partition coefficient (Wildman–Crippen LogP) is 2.00. The second-order valence-electron chi connectivity index (χ2n) is 7.13. The highest BCUT2D eigenvalue weighted by atomic mass is 32.2. The largest absolute Gasteiger partial charge is 0.444 e. The van der Waals surface area contributed by atoms with E-state index in [1.165, 1.54) is 0 Å². The van der Waals surface area contributed by atoms with Crippen LogP contribution in [-0.4, -0.2) is 50.5 Å². The fourth-order valence-corrected chi connectivity index (χ4v) is 3.90. The third-order valence-electron chi connectivity index (χ3n) is 3.99. The van der Waals surface area contributed by atoms with Gasteiger partial charge in [0.05, 0.1) is 12.4 Å². The van der Waals surface area contributed by atoms with Crippen molar-refractivity contribution in [2.75, 3.05) is 19.3 Å². The molecule has 2 aliphatic rings. The number of rotatable bonds is 2. The zero-order valence-corrected chi connectivity index (χ0v) is 14.0. The Morgan fingerprint density at radius 3 is 2.38 bits per heavy atom. The first-order valence-electron chi connectivity index (χ1n) is 7.40. The first kappa shape index (κ1) is 16.5. The van der Waals surface area contributed by atoms with Gasteiger partial charge >= 0.3 is 6.09 Å². The van der Waals surface area contributed by atoms with E-state index in [0.717, 1.165) is 19.1 Å². The number of ether oxygens (including phenoxy) is 1. The minimum atomic E-state index is -3.41. The smallest absolute Gasteiger partial charge is 0.410 e. The summed E-state index contributed by atoms with van der Waals surface area (Å²) >= 11 is 0. The summed E-state index contributed by atoms with van der Waals surface area (Å²) in [6, 6.07) is 0. The molecule has 1 aliphatic heterocycles. The van der Waals surface area contributed by atoms with Gasteiger partial charge in [-0.3, -0.25) is 4.18 Å². The molecular weight excluding hydrogens is 294 g/mol. The maximum absolute atomic E-state index is 12.1. The van der Waals surface area contributed by atoms with Gasteiger partial charge in [-0.05, 0) is 51.9 Å². The van der Waals surface area contributed by atoms with Crippen LogP contribution in [0.5, 0.6) is 0 Å². The van der Waals surface area contributed by atoms with E-state index < -0.39 is 15.7 Å². The molecule has 0 aromatic heterocycles. The van der Waals surface area contributed by atoms with Crippen molar-refractivity contribution in [2.24, 2.45) is 11.8 Å². The van der Waals surface area contributed by atoms with Crippen LogP contribution in [0.25, 0.3) is 0 Å². The molecule has 0 N–H and O–H groups in total. The molecule has 21 heavy (non-hydrogen) atoms. The lowest BCUT2D eigenvalue weighted by atomic mass is 9.89. The highest BCUT2D eigenvalue weighted by Gasteiger charge is 2.41. The van der Waals surface area contributed by atoms with Crippen molar-refractivity contribution in [3.8, 4) is 0 Å². The van der Waals surface area contributed by atoms with Crippen LogP contribution in [0.3, 0.4) is 0 Å². The zero-order valence-electron chi connectivity index (χ0n) is 13.2. The molecule has 6 nitrogen and oxygen atoms in total. The monoisotopic (exact) mass is 319 g/mol. The van der Waals surface area contributed by atoms with Crippen molar-refractivity contribution >= 4 is 16.2 Å². The molecule has 7 heteroatoms. The molecular formula is C14H25NO5S. The molecule has 0 aromatic rings. The van der Waals surface area contributed by atoms with E-state index in [2.05, 4.69) is 0 Å². The summed E-state index contributed by atoms with van der Waals surface area (Å²) in [5.74, 6) is 0.744. The summed E-state index contributed by atoms with van der Waals surface area (Å²) in [4.78, 5) is 13.8. The number of nitrogens with zero attached hydrogens (tertiary/aromatic N) is 1. The minimum Gasteiger partial charge on any atom is -0.444 e. The molecule has 0 radical (unpaired) electrons. The molecule has 0 bridgehead atoms. The van der Waals surface area contributed by atoms with Gasteiger partial charge in [-0.2, -0.15) is 8.42 Å². The second kappa shape index (κ2) is 5.76. The van der Waals surface area contributed by atoms with Gasteiger partial charge < -0.3 is 9.64 Å². The Bertz CT molecular complexity index is 496. The Morgan fingerprint density at radius 1 is 1.19 bits per heavy atom. The number of piperidine rings is 1. The fraction of sp³-hybridized carbons (Fsp3) is 0.929. The van der Waals surface area contributed by atoms with Crippen LogP contribution in [0.2, 0.25) is 0 Å². The van der Waals surface area contributed by atoms with E-state index in [1.54, 1.807) is 4.90 Å². The average molecular weight is 319 g/mol. The topological polar surface area (TPSA) is 72.9 Å². The van der Waals surface area contributed by atoms with Crippen LogP contribution in [-0.2, 0) is 19.0 Å². The molecule has 1 amide bonds. The summed E-state index contributed by atoms with van der Waals surface area (Å²) in [5.41, 5.74) is -0.495. The normalized spacial score (nSPS) is 30.1. The molecule has 2 rings (SSSR count). The van der Waals surface area contributed by atoms with Gasteiger partial charge in [0.25, 0.3) is 10.1 Å². The maximum Gasteiger partial charge on any atom is 0.410 e. The van der Waals surface area contributed by atoms with Gasteiger partial charge in [0.2, 0.25) is 0 Å². The van der Waals surface area contributed by atoms with E-state index in [-0.39, 0.29) is 12.2 Å². The van der Waals surface area contributed by atoms with Crippen molar-refractivity contribution in [1.29, 1.82) is 0 Å². The van der Waals surface area contributed by atoms with Crippen LogP contribution in [0.4, 0.5) is 4.79 Å². The van der Waals surface area contributed by atoms with Gasteiger partial charge in [-0.1, -0.05) is 0 Å². The third kappa shape index (κ3) is 4.85. The molecule has 122 valence electrons. The van der Waals surface area contributed by atoms with Crippen molar-refractivity contribution in [1.82, 2.24) is 4.90 Å². The van der Waals surface area contributed by atoms with Crippen LogP contribution < -0.4 is 0 Å². The molecule has 0 aromatic carbocycles. The van der Waals surface area contributed by atoms with Crippen LogP contribution >= 0.6 is 0 Å². The first-order chi connectivity index (χ1) is 9.53. The number of likely N-dealkylation sites (tertiary alicyclic amines) is 1. The Morgan fingerprint density at radius 2 is 1.81 bits per heavy atom. The maximum atomic E-state index is 12.1. The van der Waals surface area contributed by atoms with Crippen LogP contribution in [0.15, 0.2) is 0 Å². The number of carbonyl (C=O) groups excluding carboxylic acids is 1. The number of hydrogen-bond donors (Lipinski definition) is 0. The standard InChI is InChI=1S/C14H25NO5S/c1-14(2,3)19-13(16)15-6-5-10-7-12(8-11(10)9-15)20-21(4,17)18/h10-12H,5-9H2,1-4H3/t10?,11-,12+/m0/s1. The Balaban J connectivity index is 1.91. The molecule has 1 saturated heterocycles. The first-order valence-corrected chi connectivity index (χ1v) is 9.21. The highest BCUT2D eigenvalue weighted by molar-refractivity contribution is 7.86. The lowest BCUT2D eigenvalue weighted by Gasteiger charge is -2.35. The SMILES string of the molecule is CC(C)(C)OC(=O)N1CCC2C[C@@H](OS(C)(=O)=O)C[C@H]2C1. The predicted molar refractivity (Wildman–Crippen MR) is 78.4 cm³/mol. The minimum absolute atomic E-state index is 0.242. The van der Waals surface area contributed by atoms with Gasteiger partial charge in [0, 0.05) is 13.1 Å². The van der Waals surface area contributed by atoms with Crippen LogP contribution in [0.1, 0.15) is 40.0 Å². The Hall–Kier alpha value is -0.820. The van der Waals surface area contributed by atoms with E-state index >= 15 is 0 Å². The zero-order chi connectivity index (χ0) is 15.8. The van der Waals surface area contributed by atoms with Gasteiger partial charge in [-0.25, -0.2) is 4.79 Å². The average Bonchev–Trinajstić information content (AvgIpc) is 2.64. The molecule has 1 saturated carbocycles. The summed E-state index contributed by atoms with van der Waals surface area (Å²) in [6.07, 6.45) is 2.90. The number of fused-ring (bicyclic) bond motifs is 1. The van der Waals surface area contributed by atoms with E-state index in [9.17, 15) is 13.2 Å². The highest BCUT2D eigenvalue weighted by Crippen LogP contribution is 2.40. The van der Waals surface area contributed by atoms with E-state index in [1.807, 2.05) is 20.8 Å². The quantitative estimate of drug-likeness (QED) is 0.728. The van der Waals surface area contributed by atoms with Crippen molar-refractivity contribution in [2.45, 2.75) is 51.7 Å². The van der Waals surface area contributed by atoms with Gasteiger partial charge in [0.1, 0.15) is 5.60 Å².